The van der Waals surface area contributed by atoms with Gasteiger partial charge in [-0.2, -0.15) is 0 Å². The van der Waals surface area contributed by atoms with E-state index < -0.39 is 0 Å². The van der Waals surface area contributed by atoms with Crippen molar-refractivity contribution in [2.24, 2.45) is 0 Å². The number of ether oxygens (including phenoxy) is 1. The average Bonchev–Trinajstić information content (AvgIpc) is 2.96. The van der Waals surface area contributed by atoms with Crippen LogP contribution in [0.25, 0.3) is 0 Å². The zero-order chi connectivity index (χ0) is 16.1. The van der Waals surface area contributed by atoms with Crippen molar-refractivity contribution in [3.05, 3.63) is 35.1 Å². The highest BCUT2D eigenvalue weighted by molar-refractivity contribution is 5.82. The number of carbonyl (C=O) groups excluding carboxylic acids is 1. The van der Waals surface area contributed by atoms with Gasteiger partial charge in [0, 0.05) is 32.3 Å². The quantitative estimate of drug-likeness (QED) is 0.819. The van der Waals surface area contributed by atoms with E-state index in [9.17, 15) is 9.18 Å². The minimum atomic E-state index is -0.218. The SMILES string of the molecule is CO[C@@H]1CN[C@@H](C(=O)NCc2ccc(F)c(CN(C)C)c2)C1. The van der Waals surface area contributed by atoms with E-state index in [1.807, 2.05) is 19.0 Å². The highest BCUT2D eigenvalue weighted by Crippen LogP contribution is 2.13. The fraction of sp³-hybridized carbons (Fsp3) is 0.562. The highest BCUT2D eigenvalue weighted by Gasteiger charge is 2.28. The summed E-state index contributed by atoms with van der Waals surface area (Å²) in [5.74, 6) is -0.262. The fourth-order valence-electron chi connectivity index (χ4n) is 2.59. The summed E-state index contributed by atoms with van der Waals surface area (Å²) in [6.45, 7) is 1.63. The van der Waals surface area contributed by atoms with Crippen LogP contribution in [0.4, 0.5) is 4.39 Å². The van der Waals surface area contributed by atoms with Crippen molar-refractivity contribution < 1.29 is 13.9 Å². The van der Waals surface area contributed by atoms with Gasteiger partial charge in [0.25, 0.3) is 0 Å². The summed E-state index contributed by atoms with van der Waals surface area (Å²) < 4.78 is 18.9. The molecular weight excluding hydrogens is 285 g/mol. The summed E-state index contributed by atoms with van der Waals surface area (Å²) in [6.07, 6.45) is 0.769. The minimum Gasteiger partial charge on any atom is -0.380 e. The van der Waals surface area contributed by atoms with Gasteiger partial charge >= 0.3 is 0 Å². The van der Waals surface area contributed by atoms with Crippen LogP contribution in [-0.2, 0) is 22.6 Å². The molecule has 0 spiro atoms. The predicted molar refractivity (Wildman–Crippen MR) is 82.8 cm³/mol. The van der Waals surface area contributed by atoms with Crippen molar-refractivity contribution in [2.45, 2.75) is 31.7 Å². The molecule has 1 aliphatic rings. The Hall–Kier alpha value is -1.50. The topological polar surface area (TPSA) is 53.6 Å². The number of benzene rings is 1. The Morgan fingerprint density at radius 3 is 2.91 bits per heavy atom. The van der Waals surface area contributed by atoms with E-state index in [2.05, 4.69) is 10.6 Å². The smallest absolute Gasteiger partial charge is 0.237 e. The molecule has 22 heavy (non-hydrogen) atoms. The van der Waals surface area contributed by atoms with Crippen LogP contribution in [0.3, 0.4) is 0 Å². The largest absolute Gasteiger partial charge is 0.380 e. The van der Waals surface area contributed by atoms with Crippen LogP contribution in [0.15, 0.2) is 18.2 Å². The van der Waals surface area contributed by atoms with Crippen LogP contribution in [-0.4, -0.2) is 50.7 Å². The standard InChI is InChI=1S/C16H24FN3O2/c1-20(2)10-12-6-11(4-5-14(12)17)8-19-16(21)15-7-13(22-3)9-18-15/h4-6,13,15,18H,7-10H2,1-3H3,(H,19,21)/t13-,15+/m0/s1. The third-order valence-corrected chi connectivity index (χ3v) is 3.80. The van der Waals surface area contributed by atoms with Crippen molar-refractivity contribution in [2.75, 3.05) is 27.7 Å². The summed E-state index contributed by atoms with van der Waals surface area (Å²) in [6, 6.07) is 4.74. The molecule has 0 radical (unpaired) electrons. The lowest BCUT2D eigenvalue weighted by atomic mass is 10.1. The molecule has 2 rings (SSSR count). The van der Waals surface area contributed by atoms with E-state index in [0.717, 1.165) is 5.56 Å². The van der Waals surface area contributed by atoms with Gasteiger partial charge in [0.05, 0.1) is 12.1 Å². The Bertz CT molecular complexity index is 522. The molecular formula is C16H24FN3O2. The van der Waals surface area contributed by atoms with Crippen molar-refractivity contribution in [1.29, 1.82) is 0 Å². The van der Waals surface area contributed by atoms with Gasteiger partial charge in [0.1, 0.15) is 5.82 Å². The molecule has 0 bridgehead atoms. The van der Waals surface area contributed by atoms with Gasteiger partial charge in [-0.15, -0.1) is 0 Å². The second-order valence-electron chi connectivity index (χ2n) is 5.94. The van der Waals surface area contributed by atoms with Crippen LogP contribution < -0.4 is 10.6 Å². The normalized spacial score (nSPS) is 21.3. The molecule has 1 fully saturated rings. The summed E-state index contributed by atoms with van der Waals surface area (Å²) in [7, 11) is 5.44. The molecule has 2 N–H and O–H groups in total. The monoisotopic (exact) mass is 309 g/mol. The van der Waals surface area contributed by atoms with Crippen LogP contribution >= 0.6 is 0 Å². The molecule has 1 aliphatic heterocycles. The molecule has 6 heteroatoms. The zero-order valence-electron chi connectivity index (χ0n) is 13.4. The lowest BCUT2D eigenvalue weighted by Gasteiger charge is -2.14. The number of nitrogens with one attached hydrogen (secondary N) is 2. The van der Waals surface area contributed by atoms with E-state index in [1.165, 1.54) is 6.07 Å². The van der Waals surface area contributed by atoms with Gasteiger partial charge in [-0.25, -0.2) is 4.39 Å². The Morgan fingerprint density at radius 1 is 1.50 bits per heavy atom. The van der Waals surface area contributed by atoms with E-state index >= 15 is 0 Å². The molecule has 0 aliphatic carbocycles. The molecule has 1 aromatic carbocycles. The first kappa shape index (κ1) is 16.9. The summed E-state index contributed by atoms with van der Waals surface area (Å²) in [5.41, 5.74) is 1.53. The Labute approximate surface area is 130 Å². The van der Waals surface area contributed by atoms with Gasteiger partial charge in [-0.1, -0.05) is 6.07 Å². The maximum atomic E-state index is 13.7. The number of nitrogens with zero attached hydrogens (tertiary/aromatic N) is 1. The number of methoxy groups -OCH3 is 1. The van der Waals surface area contributed by atoms with Crippen molar-refractivity contribution >= 4 is 5.91 Å². The maximum Gasteiger partial charge on any atom is 0.237 e. The molecule has 1 saturated heterocycles. The minimum absolute atomic E-state index is 0.0435. The van der Waals surface area contributed by atoms with Crippen molar-refractivity contribution in [3.8, 4) is 0 Å². The van der Waals surface area contributed by atoms with E-state index in [4.69, 9.17) is 4.74 Å². The van der Waals surface area contributed by atoms with Crippen LogP contribution in [0, 0.1) is 5.82 Å². The molecule has 5 nitrogen and oxygen atoms in total. The van der Waals surface area contributed by atoms with E-state index in [0.29, 0.717) is 31.6 Å². The van der Waals surface area contributed by atoms with Crippen molar-refractivity contribution in [1.82, 2.24) is 15.5 Å². The number of carbonyl (C=O) groups is 1. The second-order valence-corrected chi connectivity index (χ2v) is 5.94. The van der Waals surface area contributed by atoms with E-state index in [1.54, 1.807) is 19.2 Å². The van der Waals surface area contributed by atoms with Gasteiger partial charge in [-0.3, -0.25) is 4.79 Å². The number of amides is 1. The van der Waals surface area contributed by atoms with Gasteiger partial charge < -0.3 is 20.3 Å². The lowest BCUT2D eigenvalue weighted by Crippen LogP contribution is -2.40. The zero-order valence-corrected chi connectivity index (χ0v) is 13.4. The summed E-state index contributed by atoms with van der Waals surface area (Å²) in [4.78, 5) is 14.0. The van der Waals surface area contributed by atoms with Crippen LogP contribution in [0.2, 0.25) is 0 Å². The van der Waals surface area contributed by atoms with Gasteiger partial charge in [0.2, 0.25) is 5.91 Å². The van der Waals surface area contributed by atoms with Crippen molar-refractivity contribution in [3.63, 3.8) is 0 Å². The third-order valence-electron chi connectivity index (χ3n) is 3.80. The van der Waals surface area contributed by atoms with E-state index in [-0.39, 0.29) is 23.9 Å². The molecule has 1 amide bonds. The number of halogens is 1. The van der Waals surface area contributed by atoms with Gasteiger partial charge in [0.15, 0.2) is 0 Å². The average molecular weight is 309 g/mol. The fourth-order valence-corrected chi connectivity index (χ4v) is 2.59. The molecule has 0 aromatic heterocycles. The molecule has 0 saturated carbocycles. The number of hydrogen-bond donors (Lipinski definition) is 2. The maximum absolute atomic E-state index is 13.7. The highest BCUT2D eigenvalue weighted by atomic mass is 19.1. The molecule has 0 unspecified atom stereocenters. The number of hydrogen-bond acceptors (Lipinski definition) is 4. The van der Waals surface area contributed by atoms with Gasteiger partial charge in [-0.05, 0) is 38.2 Å². The predicted octanol–water partition coefficient (Wildman–Crippen LogP) is 0.880. The molecule has 2 atom stereocenters. The second kappa shape index (κ2) is 7.67. The van der Waals surface area contributed by atoms with Crippen LogP contribution in [0.1, 0.15) is 17.5 Å². The molecule has 1 aromatic rings. The first-order valence-corrected chi connectivity index (χ1v) is 7.45. The Morgan fingerprint density at radius 2 is 2.27 bits per heavy atom. The first-order chi connectivity index (χ1) is 10.5. The first-order valence-electron chi connectivity index (χ1n) is 7.45. The summed E-state index contributed by atoms with van der Waals surface area (Å²) in [5, 5.41) is 6.03. The summed E-state index contributed by atoms with van der Waals surface area (Å²) >= 11 is 0. The lowest BCUT2D eigenvalue weighted by molar-refractivity contribution is -0.123. The number of rotatable bonds is 6. The molecule has 122 valence electrons. The molecule has 1 heterocycles. The Balaban J connectivity index is 1.90. The Kier molecular flexibility index (Phi) is 5.88. The third kappa shape index (κ3) is 4.50. The van der Waals surface area contributed by atoms with Crippen LogP contribution in [0.5, 0.6) is 0 Å².